The first kappa shape index (κ1) is 12.1. The molecular weight excluding hydrogens is 216 g/mol. The van der Waals surface area contributed by atoms with E-state index in [0.29, 0.717) is 13.0 Å². The second-order valence-electron chi connectivity index (χ2n) is 4.27. The van der Waals surface area contributed by atoms with Crippen LogP contribution in [0.15, 0.2) is 24.3 Å². The van der Waals surface area contributed by atoms with E-state index >= 15 is 0 Å². The molecule has 92 valence electrons. The highest BCUT2D eigenvalue weighted by molar-refractivity contribution is 5.82. The maximum Gasteiger partial charge on any atom is 0.237 e. The number of carbonyl (C=O) groups is 1. The maximum atomic E-state index is 11.8. The van der Waals surface area contributed by atoms with Crippen LogP contribution in [-0.4, -0.2) is 30.2 Å². The SMILES string of the molecule is O=C(NCCCO)[C@H]1Cc2ccccc2CN1. The van der Waals surface area contributed by atoms with E-state index < -0.39 is 0 Å². The summed E-state index contributed by atoms with van der Waals surface area (Å²) in [4.78, 5) is 11.8. The molecule has 4 heteroatoms. The number of rotatable bonds is 4. The van der Waals surface area contributed by atoms with Gasteiger partial charge in [-0.1, -0.05) is 24.3 Å². The standard InChI is InChI=1S/C13H18N2O2/c16-7-3-6-14-13(17)12-8-10-4-1-2-5-11(10)9-15-12/h1-2,4-5,12,15-16H,3,6-9H2,(H,14,17)/t12-/m1/s1. The minimum Gasteiger partial charge on any atom is -0.396 e. The number of aliphatic hydroxyl groups excluding tert-OH is 1. The summed E-state index contributed by atoms with van der Waals surface area (Å²) in [5.74, 6) is 0.0213. The third-order valence-electron chi connectivity index (χ3n) is 3.03. The summed E-state index contributed by atoms with van der Waals surface area (Å²) in [7, 11) is 0. The molecule has 4 nitrogen and oxygen atoms in total. The van der Waals surface area contributed by atoms with Crippen molar-refractivity contribution in [3.05, 3.63) is 35.4 Å². The van der Waals surface area contributed by atoms with Gasteiger partial charge in [-0.05, 0) is 24.0 Å². The minimum absolute atomic E-state index is 0.0213. The summed E-state index contributed by atoms with van der Waals surface area (Å²) in [5, 5.41) is 14.7. The number of hydrogen-bond donors (Lipinski definition) is 3. The predicted molar refractivity (Wildman–Crippen MR) is 65.5 cm³/mol. The van der Waals surface area contributed by atoms with Crippen LogP contribution in [-0.2, 0) is 17.8 Å². The first-order valence-electron chi connectivity index (χ1n) is 6.00. The van der Waals surface area contributed by atoms with Gasteiger partial charge >= 0.3 is 0 Å². The average molecular weight is 234 g/mol. The fourth-order valence-electron chi connectivity index (χ4n) is 2.05. The molecule has 0 aromatic heterocycles. The normalized spacial score (nSPS) is 18.5. The van der Waals surface area contributed by atoms with Gasteiger partial charge in [-0.2, -0.15) is 0 Å². The van der Waals surface area contributed by atoms with Gasteiger partial charge < -0.3 is 15.7 Å². The van der Waals surface area contributed by atoms with Crippen LogP contribution in [0.1, 0.15) is 17.5 Å². The molecular formula is C13H18N2O2. The number of hydrogen-bond acceptors (Lipinski definition) is 3. The van der Waals surface area contributed by atoms with Crippen molar-refractivity contribution in [2.45, 2.75) is 25.4 Å². The lowest BCUT2D eigenvalue weighted by atomic mass is 9.95. The zero-order chi connectivity index (χ0) is 12.1. The Morgan fingerprint density at radius 1 is 1.41 bits per heavy atom. The lowest BCUT2D eigenvalue weighted by Gasteiger charge is -2.25. The van der Waals surface area contributed by atoms with Crippen molar-refractivity contribution in [3.8, 4) is 0 Å². The van der Waals surface area contributed by atoms with Gasteiger partial charge in [-0.25, -0.2) is 0 Å². The molecule has 0 spiro atoms. The molecule has 0 aliphatic carbocycles. The Labute approximate surface area is 101 Å². The third-order valence-corrected chi connectivity index (χ3v) is 3.03. The molecule has 0 saturated carbocycles. The number of carbonyl (C=O) groups excluding carboxylic acids is 1. The fraction of sp³-hybridized carbons (Fsp3) is 0.462. The van der Waals surface area contributed by atoms with E-state index in [1.807, 2.05) is 12.1 Å². The van der Waals surface area contributed by atoms with E-state index in [1.165, 1.54) is 11.1 Å². The molecule has 0 unspecified atom stereocenters. The highest BCUT2D eigenvalue weighted by Gasteiger charge is 2.23. The molecule has 1 aromatic carbocycles. The monoisotopic (exact) mass is 234 g/mol. The van der Waals surface area contributed by atoms with Gasteiger partial charge in [-0.3, -0.25) is 4.79 Å². The topological polar surface area (TPSA) is 61.4 Å². The molecule has 1 aliphatic heterocycles. The molecule has 1 aliphatic rings. The number of amides is 1. The van der Waals surface area contributed by atoms with Crippen molar-refractivity contribution < 1.29 is 9.90 Å². The van der Waals surface area contributed by atoms with E-state index in [1.54, 1.807) is 0 Å². The van der Waals surface area contributed by atoms with Crippen molar-refractivity contribution in [3.63, 3.8) is 0 Å². The van der Waals surface area contributed by atoms with Gasteiger partial charge in [0.05, 0.1) is 6.04 Å². The third kappa shape index (κ3) is 3.05. The Hall–Kier alpha value is -1.39. The lowest BCUT2D eigenvalue weighted by Crippen LogP contribution is -2.47. The zero-order valence-corrected chi connectivity index (χ0v) is 9.78. The van der Waals surface area contributed by atoms with Gasteiger partial charge in [0.15, 0.2) is 0 Å². The van der Waals surface area contributed by atoms with Crippen molar-refractivity contribution in [2.24, 2.45) is 0 Å². The number of benzene rings is 1. The second kappa shape index (κ2) is 5.80. The van der Waals surface area contributed by atoms with E-state index in [9.17, 15) is 4.79 Å². The summed E-state index contributed by atoms with van der Waals surface area (Å²) in [6, 6.07) is 8.03. The zero-order valence-electron chi connectivity index (χ0n) is 9.78. The Balaban J connectivity index is 1.91. The van der Waals surface area contributed by atoms with Crippen LogP contribution in [0.2, 0.25) is 0 Å². The van der Waals surface area contributed by atoms with Crippen LogP contribution in [0.3, 0.4) is 0 Å². The van der Waals surface area contributed by atoms with Gasteiger partial charge in [0.25, 0.3) is 0 Å². The maximum absolute atomic E-state index is 11.8. The van der Waals surface area contributed by atoms with E-state index in [2.05, 4.69) is 22.8 Å². The molecule has 1 amide bonds. The summed E-state index contributed by atoms with van der Waals surface area (Å²) < 4.78 is 0. The molecule has 1 aromatic rings. The minimum atomic E-state index is -0.149. The largest absolute Gasteiger partial charge is 0.396 e. The quantitative estimate of drug-likeness (QED) is 0.652. The van der Waals surface area contributed by atoms with Crippen LogP contribution in [0, 0.1) is 0 Å². The van der Waals surface area contributed by atoms with Gasteiger partial charge in [0.1, 0.15) is 0 Å². The Morgan fingerprint density at radius 3 is 2.94 bits per heavy atom. The van der Waals surface area contributed by atoms with E-state index in [0.717, 1.165) is 13.0 Å². The van der Waals surface area contributed by atoms with E-state index in [-0.39, 0.29) is 18.6 Å². The van der Waals surface area contributed by atoms with Crippen molar-refractivity contribution >= 4 is 5.91 Å². The van der Waals surface area contributed by atoms with Crippen LogP contribution in [0.4, 0.5) is 0 Å². The number of fused-ring (bicyclic) bond motifs is 1. The molecule has 3 N–H and O–H groups in total. The van der Waals surface area contributed by atoms with Crippen LogP contribution < -0.4 is 10.6 Å². The molecule has 0 radical (unpaired) electrons. The van der Waals surface area contributed by atoms with Gasteiger partial charge in [0, 0.05) is 19.7 Å². The lowest BCUT2D eigenvalue weighted by molar-refractivity contribution is -0.123. The molecule has 0 bridgehead atoms. The highest BCUT2D eigenvalue weighted by atomic mass is 16.3. The average Bonchev–Trinajstić information content (AvgIpc) is 2.38. The van der Waals surface area contributed by atoms with Crippen LogP contribution >= 0.6 is 0 Å². The summed E-state index contributed by atoms with van der Waals surface area (Å²) in [6.07, 6.45) is 1.34. The number of aliphatic hydroxyl groups is 1. The van der Waals surface area contributed by atoms with Crippen molar-refractivity contribution in [2.75, 3.05) is 13.2 Å². The first-order valence-corrected chi connectivity index (χ1v) is 6.00. The summed E-state index contributed by atoms with van der Waals surface area (Å²) >= 11 is 0. The highest BCUT2D eigenvalue weighted by Crippen LogP contribution is 2.16. The van der Waals surface area contributed by atoms with Crippen molar-refractivity contribution in [1.82, 2.24) is 10.6 Å². The molecule has 1 atom stereocenters. The van der Waals surface area contributed by atoms with E-state index in [4.69, 9.17) is 5.11 Å². The molecule has 0 saturated heterocycles. The van der Waals surface area contributed by atoms with Gasteiger partial charge in [0.2, 0.25) is 5.91 Å². The van der Waals surface area contributed by atoms with Gasteiger partial charge in [-0.15, -0.1) is 0 Å². The Kier molecular flexibility index (Phi) is 4.12. The van der Waals surface area contributed by atoms with Crippen molar-refractivity contribution in [1.29, 1.82) is 0 Å². The molecule has 1 heterocycles. The Bertz CT molecular complexity index is 393. The molecule has 2 rings (SSSR count). The Morgan fingerprint density at radius 2 is 2.18 bits per heavy atom. The summed E-state index contributed by atoms with van der Waals surface area (Å²) in [6.45, 7) is 1.39. The molecule has 17 heavy (non-hydrogen) atoms. The summed E-state index contributed by atoms with van der Waals surface area (Å²) in [5.41, 5.74) is 2.51. The number of nitrogens with one attached hydrogen (secondary N) is 2. The van der Waals surface area contributed by atoms with Crippen LogP contribution in [0.5, 0.6) is 0 Å². The fourth-order valence-corrected chi connectivity index (χ4v) is 2.05. The smallest absolute Gasteiger partial charge is 0.237 e. The molecule has 0 fully saturated rings. The van der Waals surface area contributed by atoms with Crippen LogP contribution in [0.25, 0.3) is 0 Å². The predicted octanol–water partition coefficient (Wildman–Crippen LogP) is 0.199. The second-order valence-corrected chi connectivity index (χ2v) is 4.27. The first-order chi connectivity index (χ1) is 8.31.